The van der Waals surface area contributed by atoms with Crippen LogP contribution in [0.5, 0.6) is 5.75 Å². The summed E-state index contributed by atoms with van der Waals surface area (Å²) in [6.45, 7) is 1.54. The lowest BCUT2D eigenvalue weighted by atomic mass is 9.88. The molecule has 1 saturated heterocycles. The molecule has 2 unspecified atom stereocenters. The van der Waals surface area contributed by atoms with E-state index in [1.54, 1.807) is 19.2 Å². The molecule has 4 heteroatoms. The molecule has 1 N–H and O–H groups in total. The van der Waals surface area contributed by atoms with Crippen LogP contribution < -0.4 is 10.1 Å². The number of halogens is 1. The Kier molecular flexibility index (Phi) is 4.55. The van der Waals surface area contributed by atoms with Gasteiger partial charge in [-0.1, -0.05) is 0 Å². The minimum Gasteiger partial charge on any atom is -0.496 e. The van der Waals surface area contributed by atoms with Crippen LogP contribution in [0.2, 0.25) is 0 Å². The molecule has 3 nitrogen and oxygen atoms in total. The predicted octanol–water partition coefficient (Wildman–Crippen LogP) is 2.52. The van der Waals surface area contributed by atoms with Crippen LogP contribution in [0.4, 0.5) is 4.39 Å². The maximum atomic E-state index is 13.4. The van der Waals surface area contributed by atoms with Gasteiger partial charge in [0.15, 0.2) is 0 Å². The zero-order valence-electron chi connectivity index (χ0n) is 10.9. The maximum absolute atomic E-state index is 13.4. The predicted molar refractivity (Wildman–Crippen MR) is 68.3 cm³/mol. The van der Waals surface area contributed by atoms with Crippen molar-refractivity contribution in [1.82, 2.24) is 5.32 Å². The van der Waals surface area contributed by atoms with Crippen molar-refractivity contribution in [2.45, 2.75) is 18.9 Å². The van der Waals surface area contributed by atoms with Gasteiger partial charge in [0.05, 0.1) is 13.7 Å². The van der Waals surface area contributed by atoms with Gasteiger partial charge in [-0.05, 0) is 38.1 Å². The lowest BCUT2D eigenvalue weighted by molar-refractivity contribution is 0.0398. The van der Waals surface area contributed by atoms with Crippen molar-refractivity contribution < 1.29 is 13.9 Å². The first-order valence-electron chi connectivity index (χ1n) is 6.34. The van der Waals surface area contributed by atoms with Gasteiger partial charge in [-0.25, -0.2) is 4.39 Å². The third kappa shape index (κ3) is 2.82. The van der Waals surface area contributed by atoms with Gasteiger partial charge in [-0.15, -0.1) is 0 Å². The standard InChI is InChI=1S/C14H20FNO2/c1-16-14(10-4-3-7-18-9-10)12-8-11(15)5-6-13(12)17-2/h5-6,8,10,14,16H,3-4,7,9H2,1-2H3. The first kappa shape index (κ1) is 13.3. The molecule has 2 rings (SSSR count). The molecule has 0 aromatic heterocycles. The minimum atomic E-state index is -0.234. The van der Waals surface area contributed by atoms with E-state index in [9.17, 15) is 4.39 Å². The summed E-state index contributed by atoms with van der Waals surface area (Å²) in [4.78, 5) is 0. The molecule has 1 heterocycles. The van der Waals surface area contributed by atoms with E-state index in [2.05, 4.69) is 5.32 Å². The van der Waals surface area contributed by atoms with E-state index in [-0.39, 0.29) is 11.9 Å². The molecule has 1 aliphatic heterocycles. The number of hydrogen-bond acceptors (Lipinski definition) is 3. The highest BCUT2D eigenvalue weighted by molar-refractivity contribution is 5.37. The summed E-state index contributed by atoms with van der Waals surface area (Å²) in [6.07, 6.45) is 2.14. The topological polar surface area (TPSA) is 30.5 Å². The number of hydrogen-bond donors (Lipinski definition) is 1. The molecular formula is C14H20FNO2. The van der Waals surface area contributed by atoms with E-state index in [1.165, 1.54) is 6.07 Å². The van der Waals surface area contributed by atoms with Crippen LogP contribution in [0, 0.1) is 11.7 Å². The normalized spacial score (nSPS) is 21.6. The van der Waals surface area contributed by atoms with Gasteiger partial charge in [0.25, 0.3) is 0 Å². The number of benzene rings is 1. The zero-order chi connectivity index (χ0) is 13.0. The average molecular weight is 253 g/mol. The average Bonchev–Trinajstić information content (AvgIpc) is 2.41. The molecule has 2 atom stereocenters. The quantitative estimate of drug-likeness (QED) is 0.894. The number of ether oxygens (including phenoxy) is 2. The number of nitrogens with one attached hydrogen (secondary N) is 1. The fourth-order valence-corrected chi connectivity index (χ4v) is 2.62. The second-order valence-electron chi connectivity index (χ2n) is 4.63. The third-order valence-corrected chi connectivity index (χ3v) is 3.50. The summed E-state index contributed by atoms with van der Waals surface area (Å²) in [5, 5.41) is 3.26. The van der Waals surface area contributed by atoms with E-state index < -0.39 is 0 Å². The van der Waals surface area contributed by atoms with Gasteiger partial charge in [-0.2, -0.15) is 0 Å². The van der Waals surface area contributed by atoms with E-state index in [0.29, 0.717) is 12.5 Å². The van der Waals surface area contributed by atoms with Gasteiger partial charge < -0.3 is 14.8 Å². The molecule has 0 amide bonds. The Bertz CT molecular complexity index is 391. The fraction of sp³-hybridized carbons (Fsp3) is 0.571. The van der Waals surface area contributed by atoms with Gasteiger partial charge in [0, 0.05) is 24.1 Å². The van der Waals surface area contributed by atoms with Gasteiger partial charge >= 0.3 is 0 Å². The Balaban J connectivity index is 2.27. The maximum Gasteiger partial charge on any atom is 0.123 e. The van der Waals surface area contributed by atoms with Crippen LogP contribution in [-0.4, -0.2) is 27.4 Å². The highest BCUT2D eigenvalue weighted by atomic mass is 19.1. The lowest BCUT2D eigenvalue weighted by Crippen LogP contribution is -2.31. The van der Waals surface area contributed by atoms with Crippen LogP contribution in [0.3, 0.4) is 0 Å². The van der Waals surface area contributed by atoms with Crippen molar-refractivity contribution in [1.29, 1.82) is 0 Å². The summed E-state index contributed by atoms with van der Waals surface area (Å²) in [5.41, 5.74) is 0.871. The molecule has 1 aromatic carbocycles. The SMILES string of the molecule is CNC(c1cc(F)ccc1OC)C1CCCOC1. The van der Waals surface area contributed by atoms with E-state index in [0.717, 1.165) is 30.8 Å². The highest BCUT2D eigenvalue weighted by Gasteiger charge is 2.26. The van der Waals surface area contributed by atoms with Gasteiger partial charge in [0.1, 0.15) is 11.6 Å². The Hall–Kier alpha value is -1.13. The summed E-state index contributed by atoms with van der Waals surface area (Å²) >= 11 is 0. The smallest absolute Gasteiger partial charge is 0.123 e. The monoisotopic (exact) mass is 253 g/mol. The molecule has 0 spiro atoms. The molecule has 0 saturated carbocycles. The molecule has 1 fully saturated rings. The Morgan fingerprint density at radius 3 is 2.94 bits per heavy atom. The van der Waals surface area contributed by atoms with Crippen LogP contribution in [0.25, 0.3) is 0 Å². The third-order valence-electron chi connectivity index (χ3n) is 3.50. The second-order valence-corrected chi connectivity index (χ2v) is 4.63. The van der Waals surface area contributed by atoms with Gasteiger partial charge in [-0.3, -0.25) is 0 Å². The molecule has 0 bridgehead atoms. The highest BCUT2D eigenvalue weighted by Crippen LogP contribution is 2.34. The molecular weight excluding hydrogens is 233 g/mol. The van der Waals surface area contributed by atoms with Crippen molar-refractivity contribution in [3.8, 4) is 5.75 Å². The van der Waals surface area contributed by atoms with Gasteiger partial charge in [0.2, 0.25) is 0 Å². The first-order valence-corrected chi connectivity index (χ1v) is 6.34. The summed E-state index contributed by atoms with van der Waals surface area (Å²) in [5.74, 6) is 0.851. The van der Waals surface area contributed by atoms with Crippen molar-refractivity contribution in [2.75, 3.05) is 27.4 Å². The molecule has 0 aliphatic carbocycles. The first-order chi connectivity index (χ1) is 8.76. The summed E-state index contributed by atoms with van der Waals surface area (Å²) < 4.78 is 24.3. The van der Waals surface area contributed by atoms with Crippen molar-refractivity contribution in [2.24, 2.45) is 5.92 Å². The Morgan fingerprint density at radius 1 is 1.50 bits per heavy atom. The van der Waals surface area contributed by atoms with E-state index >= 15 is 0 Å². The van der Waals surface area contributed by atoms with Crippen LogP contribution in [0.1, 0.15) is 24.4 Å². The molecule has 1 aliphatic rings. The zero-order valence-corrected chi connectivity index (χ0v) is 10.9. The summed E-state index contributed by atoms with van der Waals surface area (Å²) in [6, 6.07) is 4.72. The fourth-order valence-electron chi connectivity index (χ4n) is 2.62. The van der Waals surface area contributed by atoms with Crippen molar-refractivity contribution in [3.63, 3.8) is 0 Å². The van der Waals surface area contributed by atoms with Crippen LogP contribution in [-0.2, 0) is 4.74 Å². The number of rotatable bonds is 4. The summed E-state index contributed by atoms with van der Waals surface area (Å²) in [7, 11) is 3.50. The Morgan fingerprint density at radius 2 is 2.33 bits per heavy atom. The number of methoxy groups -OCH3 is 1. The molecule has 0 radical (unpaired) electrons. The molecule has 1 aromatic rings. The van der Waals surface area contributed by atoms with Crippen molar-refractivity contribution >= 4 is 0 Å². The van der Waals surface area contributed by atoms with E-state index in [1.807, 2.05) is 7.05 Å². The second kappa shape index (κ2) is 6.16. The molecule has 100 valence electrons. The van der Waals surface area contributed by atoms with Crippen LogP contribution >= 0.6 is 0 Å². The largest absolute Gasteiger partial charge is 0.496 e. The minimum absolute atomic E-state index is 0.0657. The Labute approximate surface area is 107 Å². The van der Waals surface area contributed by atoms with Crippen LogP contribution in [0.15, 0.2) is 18.2 Å². The van der Waals surface area contributed by atoms with E-state index in [4.69, 9.17) is 9.47 Å². The molecule has 18 heavy (non-hydrogen) atoms. The lowest BCUT2D eigenvalue weighted by Gasteiger charge is -2.31. The van der Waals surface area contributed by atoms with Crippen molar-refractivity contribution in [3.05, 3.63) is 29.6 Å².